The first-order valence-corrected chi connectivity index (χ1v) is 13.6. The molecule has 1 atom stereocenters. The van der Waals surface area contributed by atoms with Crippen LogP contribution in [0, 0.1) is 11.8 Å². The average molecular weight is 474 g/mol. The number of aromatic nitrogens is 3. The largest absolute Gasteiger partial charge is 0.381 e. The molecule has 0 unspecified atom stereocenters. The van der Waals surface area contributed by atoms with Gasteiger partial charge in [0.2, 0.25) is 0 Å². The molecule has 0 spiro atoms. The van der Waals surface area contributed by atoms with Crippen molar-refractivity contribution in [3.63, 3.8) is 0 Å². The van der Waals surface area contributed by atoms with Crippen molar-refractivity contribution in [1.29, 1.82) is 0 Å². The number of hydrogen-bond acceptors (Lipinski definition) is 4. The summed E-state index contributed by atoms with van der Waals surface area (Å²) in [6.45, 7) is 6.72. The van der Waals surface area contributed by atoms with E-state index in [1.54, 1.807) is 6.20 Å². The molecule has 3 aromatic rings. The van der Waals surface area contributed by atoms with Crippen LogP contribution in [-0.4, -0.2) is 44.7 Å². The van der Waals surface area contributed by atoms with Crippen molar-refractivity contribution in [2.75, 3.05) is 18.4 Å². The Morgan fingerprint density at radius 1 is 1.06 bits per heavy atom. The van der Waals surface area contributed by atoms with Crippen molar-refractivity contribution in [3.8, 4) is 0 Å². The van der Waals surface area contributed by atoms with E-state index >= 15 is 0 Å². The van der Waals surface area contributed by atoms with Crippen LogP contribution in [0.3, 0.4) is 0 Å². The van der Waals surface area contributed by atoms with Gasteiger partial charge in [-0.15, -0.1) is 0 Å². The van der Waals surface area contributed by atoms with E-state index in [0.29, 0.717) is 23.4 Å². The Morgan fingerprint density at radius 2 is 1.80 bits per heavy atom. The highest BCUT2D eigenvalue weighted by Gasteiger charge is 2.28. The smallest absolute Gasteiger partial charge is 0.257 e. The lowest BCUT2D eigenvalue weighted by molar-refractivity contribution is 0.0691. The van der Waals surface area contributed by atoms with Gasteiger partial charge in [-0.2, -0.15) is 5.10 Å². The average Bonchev–Trinajstić information content (AvgIpc) is 3.34. The zero-order valence-electron chi connectivity index (χ0n) is 21.2. The Morgan fingerprint density at radius 3 is 2.51 bits per heavy atom. The molecule has 0 bridgehead atoms. The molecular weight excluding hydrogens is 434 g/mol. The van der Waals surface area contributed by atoms with Gasteiger partial charge in [-0.05, 0) is 63.4 Å². The Bertz CT molecular complexity index is 1130. The Hall–Kier alpha value is -2.89. The molecule has 6 heteroatoms. The standard InChI is InChI=1S/C29H39N5O/c1-3-34-28-25(20-31-34)27(32-21(2)24-12-8-5-9-13-24)26(19-30-28)29(35)33-16-14-23(15-17-33)18-22-10-6-4-7-11-22/h4,6-7,10-11,19-21,23-24H,3,5,8-9,12-18H2,1-2H3,(H,30,32)/t21-/m1/s1. The molecule has 1 aliphatic heterocycles. The molecular formula is C29H39N5O. The van der Waals surface area contributed by atoms with E-state index in [2.05, 4.69) is 54.6 Å². The molecule has 2 aliphatic rings. The predicted molar refractivity (Wildman–Crippen MR) is 142 cm³/mol. The minimum absolute atomic E-state index is 0.0974. The van der Waals surface area contributed by atoms with Crippen molar-refractivity contribution in [3.05, 3.63) is 53.9 Å². The summed E-state index contributed by atoms with van der Waals surface area (Å²) in [5.41, 5.74) is 3.86. The Balaban J connectivity index is 1.35. The monoisotopic (exact) mass is 473 g/mol. The SMILES string of the molecule is CCn1ncc2c(N[C@H](C)C3CCCCC3)c(C(=O)N3CCC(Cc4ccccc4)CC3)cnc21. The first kappa shape index (κ1) is 23.8. The zero-order chi connectivity index (χ0) is 24.2. The molecule has 1 N–H and O–H groups in total. The van der Waals surface area contributed by atoms with Gasteiger partial charge in [0.05, 0.1) is 22.8 Å². The fraction of sp³-hybridized carbons (Fsp3) is 0.552. The molecule has 2 fully saturated rings. The van der Waals surface area contributed by atoms with Gasteiger partial charge in [0.25, 0.3) is 5.91 Å². The first-order chi connectivity index (χ1) is 17.1. The number of amides is 1. The van der Waals surface area contributed by atoms with E-state index in [4.69, 9.17) is 4.98 Å². The number of nitrogens with zero attached hydrogens (tertiary/aromatic N) is 4. The van der Waals surface area contributed by atoms with Gasteiger partial charge >= 0.3 is 0 Å². The van der Waals surface area contributed by atoms with Crippen LogP contribution in [0.1, 0.15) is 74.7 Å². The van der Waals surface area contributed by atoms with Crippen molar-refractivity contribution < 1.29 is 4.79 Å². The van der Waals surface area contributed by atoms with Crippen LogP contribution in [0.5, 0.6) is 0 Å². The maximum Gasteiger partial charge on any atom is 0.257 e. The maximum absolute atomic E-state index is 13.8. The molecule has 2 aromatic heterocycles. The molecule has 1 saturated carbocycles. The fourth-order valence-electron chi connectivity index (χ4n) is 6.01. The number of hydrogen-bond donors (Lipinski definition) is 1. The highest BCUT2D eigenvalue weighted by Crippen LogP contribution is 2.33. The molecule has 1 amide bonds. The summed E-state index contributed by atoms with van der Waals surface area (Å²) in [4.78, 5) is 20.5. The van der Waals surface area contributed by atoms with Crippen molar-refractivity contribution in [2.24, 2.45) is 11.8 Å². The lowest BCUT2D eigenvalue weighted by Crippen LogP contribution is -2.39. The van der Waals surface area contributed by atoms with Gasteiger partial charge in [-0.1, -0.05) is 49.6 Å². The third kappa shape index (κ3) is 5.21. The number of likely N-dealkylation sites (tertiary alicyclic amines) is 1. The summed E-state index contributed by atoms with van der Waals surface area (Å²) >= 11 is 0. The number of aryl methyl sites for hydroxylation is 1. The summed E-state index contributed by atoms with van der Waals surface area (Å²) in [5.74, 6) is 1.37. The van der Waals surface area contributed by atoms with E-state index < -0.39 is 0 Å². The number of rotatable bonds is 7. The number of pyridine rings is 1. The minimum atomic E-state index is 0.0974. The molecule has 1 aromatic carbocycles. The minimum Gasteiger partial charge on any atom is -0.381 e. The Kier molecular flexibility index (Phi) is 7.35. The van der Waals surface area contributed by atoms with Crippen LogP contribution in [0.4, 0.5) is 5.69 Å². The van der Waals surface area contributed by atoms with Crippen LogP contribution in [0.25, 0.3) is 11.0 Å². The van der Waals surface area contributed by atoms with Crippen molar-refractivity contribution >= 4 is 22.6 Å². The number of piperidine rings is 1. The third-order valence-electron chi connectivity index (χ3n) is 8.19. The molecule has 1 saturated heterocycles. The summed E-state index contributed by atoms with van der Waals surface area (Å²) in [5, 5.41) is 9.29. The van der Waals surface area contributed by atoms with E-state index in [1.165, 1.54) is 37.7 Å². The topological polar surface area (TPSA) is 63.1 Å². The second-order valence-corrected chi connectivity index (χ2v) is 10.5. The molecule has 5 rings (SSSR count). The normalized spacial score (nSPS) is 18.6. The Labute approximate surface area is 209 Å². The molecule has 3 heterocycles. The highest BCUT2D eigenvalue weighted by molar-refractivity contribution is 6.06. The van der Waals surface area contributed by atoms with E-state index in [1.807, 2.05) is 15.8 Å². The lowest BCUT2D eigenvalue weighted by Gasteiger charge is -2.33. The zero-order valence-corrected chi connectivity index (χ0v) is 21.2. The van der Waals surface area contributed by atoms with Crippen molar-refractivity contribution in [1.82, 2.24) is 19.7 Å². The fourth-order valence-corrected chi connectivity index (χ4v) is 6.01. The van der Waals surface area contributed by atoms with Gasteiger partial charge in [-0.25, -0.2) is 9.67 Å². The summed E-state index contributed by atoms with van der Waals surface area (Å²) in [7, 11) is 0. The molecule has 35 heavy (non-hydrogen) atoms. The second-order valence-electron chi connectivity index (χ2n) is 10.5. The quantitative estimate of drug-likeness (QED) is 0.462. The first-order valence-electron chi connectivity index (χ1n) is 13.6. The van der Waals surface area contributed by atoms with Gasteiger partial charge in [0.15, 0.2) is 5.65 Å². The highest BCUT2D eigenvalue weighted by atomic mass is 16.2. The summed E-state index contributed by atoms with van der Waals surface area (Å²) in [6, 6.07) is 11.0. The van der Waals surface area contributed by atoms with Crippen LogP contribution < -0.4 is 5.32 Å². The van der Waals surface area contributed by atoms with Gasteiger partial charge in [-0.3, -0.25) is 4.79 Å². The third-order valence-corrected chi connectivity index (χ3v) is 8.19. The number of carbonyl (C=O) groups is 1. The summed E-state index contributed by atoms with van der Waals surface area (Å²) in [6.07, 6.45) is 13.3. The van der Waals surface area contributed by atoms with E-state index in [0.717, 1.165) is 55.6 Å². The summed E-state index contributed by atoms with van der Waals surface area (Å²) < 4.78 is 1.91. The van der Waals surface area contributed by atoms with Gasteiger partial charge in [0.1, 0.15) is 0 Å². The van der Waals surface area contributed by atoms with Crippen LogP contribution in [0.15, 0.2) is 42.7 Å². The second kappa shape index (κ2) is 10.8. The molecule has 0 radical (unpaired) electrons. The molecule has 1 aliphatic carbocycles. The molecule has 186 valence electrons. The number of benzene rings is 1. The van der Waals surface area contributed by atoms with Crippen LogP contribution in [-0.2, 0) is 13.0 Å². The van der Waals surface area contributed by atoms with E-state index in [-0.39, 0.29) is 5.91 Å². The van der Waals surface area contributed by atoms with Crippen molar-refractivity contribution in [2.45, 2.75) is 77.8 Å². The number of fused-ring (bicyclic) bond motifs is 1. The number of carbonyl (C=O) groups excluding carboxylic acids is 1. The van der Waals surface area contributed by atoms with Crippen LogP contribution in [0.2, 0.25) is 0 Å². The number of anilines is 1. The predicted octanol–water partition coefficient (Wildman–Crippen LogP) is 5.93. The van der Waals surface area contributed by atoms with E-state index in [9.17, 15) is 4.79 Å². The number of nitrogens with one attached hydrogen (secondary N) is 1. The lowest BCUT2D eigenvalue weighted by atomic mass is 9.84. The maximum atomic E-state index is 13.8. The van der Waals surface area contributed by atoms with Gasteiger partial charge < -0.3 is 10.2 Å². The van der Waals surface area contributed by atoms with Crippen LogP contribution >= 0.6 is 0 Å². The van der Waals surface area contributed by atoms with Gasteiger partial charge in [0, 0.05) is 31.9 Å². The molecule has 6 nitrogen and oxygen atoms in total.